The standard InChI is InChI=1S/C22H22N2O3/c1-13-6-8-19-17(10-13)18-12-14(7-9-20(18)24-19)21(25)23-16-5-3-4-15(11-16)22(26)27-2/h3-5,7,9,11-13,24H,6,8,10H2,1-2H3,(H,23,25). The molecule has 4 rings (SSSR count). The number of anilines is 1. The fourth-order valence-corrected chi connectivity index (χ4v) is 3.78. The van der Waals surface area contributed by atoms with E-state index in [9.17, 15) is 9.59 Å². The topological polar surface area (TPSA) is 71.2 Å². The number of hydrogen-bond donors (Lipinski definition) is 2. The summed E-state index contributed by atoms with van der Waals surface area (Å²) < 4.78 is 4.73. The Labute approximate surface area is 157 Å². The number of aryl methyl sites for hydroxylation is 1. The van der Waals surface area contributed by atoms with Crippen molar-refractivity contribution in [3.63, 3.8) is 0 Å². The number of fused-ring (bicyclic) bond motifs is 3. The van der Waals surface area contributed by atoms with Crippen LogP contribution in [0.2, 0.25) is 0 Å². The molecule has 0 radical (unpaired) electrons. The molecule has 5 nitrogen and oxygen atoms in total. The van der Waals surface area contributed by atoms with E-state index < -0.39 is 5.97 Å². The third-order valence-corrected chi connectivity index (χ3v) is 5.24. The molecule has 3 aromatic rings. The second-order valence-electron chi connectivity index (χ2n) is 7.22. The Morgan fingerprint density at radius 2 is 2.00 bits per heavy atom. The van der Waals surface area contributed by atoms with Crippen molar-refractivity contribution in [2.24, 2.45) is 5.92 Å². The molecule has 2 aromatic carbocycles. The lowest BCUT2D eigenvalue weighted by atomic mass is 9.87. The molecular formula is C22H22N2O3. The Bertz CT molecular complexity index is 1040. The molecule has 0 saturated carbocycles. The van der Waals surface area contributed by atoms with Gasteiger partial charge in [0.15, 0.2) is 0 Å². The van der Waals surface area contributed by atoms with E-state index in [2.05, 4.69) is 17.2 Å². The molecular weight excluding hydrogens is 340 g/mol. The van der Waals surface area contributed by atoms with Crippen LogP contribution in [0.3, 0.4) is 0 Å². The minimum absolute atomic E-state index is 0.197. The summed E-state index contributed by atoms with van der Waals surface area (Å²) in [5.74, 6) is 0.0355. The number of methoxy groups -OCH3 is 1. The number of carbonyl (C=O) groups excluding carboxylic acids is 2. The number of nitrogens with one attached hydrogen (secondary N) is 2. The lowest BCUT2D eigenvalue weighted by molar-refractivity contribution is 0.0600. The van der Waals surface area contributed by atoms with Gasteiger partial charge in [0.1, 0.15) is 0 Å². The van der Waals surface area contributed by atoms with Gasteiger partial charge in [0.2, 0.25) is 0 Å². The van der Waals surface area contributed by atoms with Crippen LogP contribution in [0.4, 0.5) is 5.69 Å². The lowest BCUT2D eigenvalue weighted by Gasteiger charge is -2.18. The van der Waals surface area contributed by atoms with E-state index in [4.69, 9.17) is 4.74 Å². The highest BCUT2D eigenvalue weighted by molar-refractivity contribution is 6.07. The molecule has 1 atom stereocenters. The van der Waals surface area contributed by atoms with Crippen LogP contribution in [0.1, 0.15) is 45.3 Å². The van der Waals surface area contributed by atoms with Crippen LogP contribution in [-0.4, -0.2) is 24.0 Å². The fourth-order valence-electron chi connectivity index (χ4n) is 3.78. The molecule has 0 saturated heterocycles. The van der Waals surface area contributed by atoms with Crippen LogP contribution < -0.4 is 5.32 Å². The lowest BCUT2D eigenvalue weighted by Crippen LogP contribution is -2.13. The molecule has 0 fully saturated rings. The second kappa shape index (κ2) is 6.91. The first-order valence-corrected chi connectivity index (χ1v) is 9.18. The highest BCUT2D eigenvalue weighted by Crippen LogP contribution is 2.32. The van der Waals surface area contributed by atoms with Crippen LogP contribution in [-0.2, 0) is 17.6 Å². The van der Waals surface area contributed by atoms with Gasteiger partial charge in [0, 0.05) is 27.8 Å². The average Bonchev–Trinajstić information content (AvgIpc) is 3.04. The summed E-state index contributed by atoms with van der Waals surface area (Å²) in [6, 6.07) is 12.5. The van der Waals surface area contributed by atoms with Gasteiger partial charge in [0.05, 0.1) is 12.7 Å². The summed E-state index contributed by atoms with van der Waals surface area (Å²) in [6.07, 6.45) is 3.30. The first-order valence-electron chi connectivity index (χ1n) is 9.18. The molecule has 1 aliphatic carbocycles. The van der Waals surface area contributed by atoms with Gasteiger partial charge in [-0.25, -0.2) is 4.79 Å². The van der Waals surface area contributed by atoms with Crippen molar-refractivity contribution in [1.82, 2.24) is 4.98 Å². The minimum Gasteiger partial charge on any atom is -0.465 e. The largest absolute Gasteiger partial charge is 0.465 e. The van der Waals surface area contributed by atoms with Crippen molar-refractivity contribution >= 4 is 28.5 Å². The van der Waals surface area contributed by atoms with Crippen LogP contribution in [0, 0.1) is 5.92 Å². The number of esters is 1. The number of aromatic amines is 1. The molecule has 0 bridgehead atoms. The normalized spacial score (nSPS) is 16.0. The zero-order valence-electron chi connectivity index (χ0n) is 15.5. The smallest absolute Gasteiger partial charge is 0.337 e. The maximum atomic E-state index is 12.7. The molecule has 5 heteroatoms. The number of aromatic nitrogens is 1. The van der Waals surface area contributed by atoms with Gasteiger partial charge in [-0.3, -0.25) is 4.79 Å². The maximum absolute atomic E-state index is 12.7. The molecule has 0 spiro atoms. The number of benzene rings is 2. The Balaban J connectivity index is 1.61. The van der Waals surface area contributed by atoms with Crippen molar-refractivity contribution in [2.45, 2.75) is 26.2 Å². The van der Waals surface area contributed by atoms with E-state index in [0.29, 0.717) is 22.7 Å². The molecule has 27 heavy (non-hydrogen) atoms. The Kier molecular flexibility index (Phi) is 4.44. The van der Waals surface area contributed by atoms with Gasteiger partial charge in [-0.15, -0.1) is 0 Å². The van der Waals surface area contributed by atoms with Crippen LogP contribution in [0.5, 0.6) is 0 Å². The molecule has 1 aliphatic rings. The van der Waals surface area contributed by atoms with E-state index in [1.54, 1.807) is 24.3 Å². The SMILES string of the molecule is COC(=O)c1cccc(NC(=O)c2ccc3[nH]c4c(c3c2)CC(C)CC4)c1. The maximum Gasteiger partial charge on any atom is 0.337 e. The molecule has 1 heterocycles. The summed E-state index contributed by atoms with van der Waals surface area (Å²) >= 11 is 0. The number of ether oxygens (including phenoxy) is 1. The molecule has 1 unspecified atom stereocenters. The summed E-state index contributed by atoms with van der Waals surface area (Å²) in [5.41, 5.74) is 5.29. The highest BCUT2D eigenvalue weighted by Gasteiger charge is 2.20. The highest BCUT2D eigenvalue weighted by atomic mass is 16.5. The van der Waals surface area contributed by atoms with Crippen molar-refractivity contribution in [1.29, 1.82) is 0 Å². The predicted molar refractivity (Wildman–Crippen MR) is 105 cm³/mol. The van der Waals surface area contributed by atoms with Gasteiger partial charge in [-0.05, 0) is 67.1 Å². The molecule has 1 amide bonds. The van der Waals surface area contributed by atoms with Gasteiger partial charge in [-0.2, -0.15) is 0 Å². The minimum atomic E-state index is -0.430. The van der Waals surface area contributed by atoms with Crippen molar-refractivity contribution in [3.05, 3.63) is 64.8 Å². The molecule has 1 aromatic heterocycles. The van der Waals surface area contributed by atoms with E-state index in [0.717, 1.165) is 23.7 Å². The number of amides is 1. The fraction of sp³-hybridized carbons (Fsp3) is 0.273. The van der Waals surface area contributed by atoms with Gasteiger partial charge in [-0.1, -0.05) is 13.0 Å². The third-order valence-electron chi connectivity index (χ3n) is 5.24. The van der Waals surface area contributed by atoms with E-state index in [1.165, 1.54) is 24.8 Å². The number of carbonyl (C=O) groups is 2. The first kappa shape index (κ1) is 17.3. The predicted octanol–water partition coefficient (Wildman–Crippen LogP) is 4.33. The number of H-pyrrole nitrogens is 1. The van der Waals surface area contributed by atoms with Gasteiger partial charge in [0.25, 0.3) is 5.91 Å². The third kappa shape index (κ3) is 3.33. The zero-order chi connectivity index (χ0) is 19.0. The Hall–Kier alpha value is -3.08. The quantitative estimate of drug-likeness (QED) is 0.681. The van der Waals surface area contributed by atoms with E-state index in [1.807, 2.05) is 18.2 Å². The Morgan fingerprint density at radius 3 is 2.81 bits per heavy atom. The summed E-state index contributed by atoms with van der Waals surface area (Å²) in [6.45, 7) is 2.27. The first-order chi connectivity index (χ1) is 13.0. The van der Waals surface area contributed by atoms with Crippen molar-refractivity contribution in [2.75, 3.05) is 12.4 Å². The van der Waals surface area contributed by atoms with Crippen LogP contribution in [0.25, 0.3) is 10.9 Å². The average molecular weight is 362 g/mol. The number of hydrogen-bond acceptors (Lipinski definition) is 3. The van der Waals surface area contributed by atoms with Gasteiger partial charge >= 0.3 is 5.97 Å². The summed E-state index contributed by atoms with van der Waals surface area (Å²) in [7, 11) is 1.33. The molecule has 2 N–H and O–H groups in total. The van der Waals surface area contributed by atoms with Crippen LogP contribution in [0.15, 0.2) is 42.5 Å². The van der Waals surface area contributed by atoms with Gasteiger partial charge < -0.3 is 15.0 Å². The Morgan fingerprint density at radius 1 is 1.15 bits per heavy atom. The zero-order valence-corrected chi connectivity index (χ0v) is 15.5. The summed E-state index contributed by atoms with van der Waals surface area (Å²) in [4.78, 5) is 27.9. The molecule has 0 aliphatic heterocycles. The number of rotatable bonds is 3. The van der Waals surface area contributed by atoms with Crippen LogP contribution >= 0.6 is 0 Å². The molecule has 138 valence electrons. The van der Waals surface area contributed by atoms with E-state index in [-0.39, 0.29) is 5.91 Å². The van der Waals surface area contributed by atoms with Crippen molar-refractivity contribution in [3.8, 4) is 0 Å². The van der Waals surface area contributed by atoms with Crippen molar-refractivity contribution < 1.29 is 14.3 Å². The van der Waals surface area contributed by atoms with E-state index >= 15 is 0 Å². The summed E-state index contributed by atoms with van der Waals surface area (Å²) in [5, 5.41) is 4.00. The monoisotopic (exact) mass is 362 g/mol. The second-order valence-corrected chi connectivity index (χ2v) is 7.22.